The van der Waals surface area contributed by atoms with Crippen molar-refractivity contribution in [3.63, 3.8) is 0 Å². The molecule has 0 radical (unpaired) electrons. The van der Waals surface area contributed by atoms with E-state index in [0.29, 0.717) is 18.8 Å². The monoisotopic (exact) mass is 497 g/mol. The smallest absolute Gasteiger partial charge is 0.191 e. The van der Waals surface area contributed by atoms with Gasteiger partial charge < -0.3 is 10.6 Å². The van der Waals surface area contributed by atoms with Crippen molar-refractivity contribution in [3.8, 4) is 0 Å². The number of nitrogens with zero attached hydrogens (tertiary/aromatic N) is 1. The Bertz CT molecular complexity index is 586. The Morgan fingerprint density at radius 3 is 2.52 bits per heavy atom. The fourth-order valence-electron chi connectivity index (χ4n) is 2.06. The zero-order valence-electron chi connectivity index (χ0n) is 16.1. The van der Waals surface area contributed by atoms with Crippen LogP contribution in [0.2, 0.25) is 0 Å². The Kier molecular flexibility index (Phi) is 12.0. The van der Waals surface area contributed by atoms with E-state index < -0.39 is 10.8 Å². The molecule has 1 aromatic rings. The lowest BCUT2D eigenvalue weighted by Gasteiger charge is -2.18. The van der Waals surface area contributed by atoms with Crippen LogP contribution in [0.4, 0.5) is 0 Å². The van der Waals surface area contributed by atoms with Gasteiger partial charge in [0.2, 0.25) is 0 Å². The van der Waals surface area contributed by atoms with E-state index in [1.54, 1.807) is 11.8 Å². The molecular formula is C18H32IN3OS2. The normalized spacial score (nSPS) is 13.1. The average Bonchev–Trinajstić information content (AvgIpc) is 2.52. The van der Waals surface area contributed by atoms with Crippen LogP contribution < -0.4 is 10.6 Å². The molecule has 0 bridgehead atoms. The second-order valence-electron chi connectivity index (χ2n) is 6.60. The molecule has 0 amide bonds. The molecule has 2 N–H and O–H groups in total. The summed E-state index contributed by atoms with van der Waals surface area (Å²) in [6.07, 6.45) is 2.09. The van der Waals surface area contributed by atoms with Crippen LogP contribution in [0.25, 0.3) is 0 Å². The fourth-order valence-corrected chi connectivity index (χ4v) is 3.66. The minimum absolute atomic E-state index is 0. The molecule has 1 aromatic carbocycles. The highest BCUT2D eigenvalue weighted by molar-refractivity contribution is 14.0. The van der Waals surface area contributed by atoms with Crippen molar-refractivity contribution in [1.82, 2.24) is 10.6 Å². The van der Waals surface area contributed by atoms with Gasteiger partial charge >= 0.3 is 0 Å². The second-order valence-corrected chi connectivity index (χ2v) is 9.77. The topological polar surface area (TPSA) is 53.5 Å². The van der Waals surface area contributed by atoms with Crippen LogP contribution in [0.15, 0.2) is 28.1 Å². The van der Waals surface area contributed by atoms with Crippen molar-refractivity contribution >= 4 is 52.5 Å². The molecule has 1 rings (SSSR count). The number of hydrogen-bond acceptors (Lipinski definition) is 3. The lowest BCUT2D eigenvalue weighted by atomic mass is 10.1. The second kappa shape index (κ2) is 12.2. The average molecular weight is 498 g/mol. The van der Waals surface area contributed by atoms with Gasteiger partial charge in [0, 0.05) is 39.3 Å². The number of thioether (sulfide) groups is 1. The summed E-state index contributed by atoms with van der Waals surface area (Å²) in [5, 5.41) is 6.53. The van der Waals surface area contributed by atoms with Gasteiger partial charge in [-0.25, -0.2) is 4.99 Å². The number of benzene rings is 1. The fraction of sp³-hybridized carbons (Fsp3) is 0.611. The Hall–Kier alpha value is -0.280. The number of halogens is 1. The zero-order chi connectivity index (χ0) is 18.2. The summed E-state index contributed by atoms with van der Waals surface area (Å²) in [4.78, 5) is 5.93. The third-order valence-electron chi connectivity index (χ3n) is 3.46. The maximum absolute atomic E-state index is 12.1. The quantitative estimate of drug-likeness (QED) is 0.260. The highest BCUT2D eigenvalue weighted by Crippen LogP contribution is 2.22. The van der Waals surface area contributed by atoms with E-state index in [2.05, 4.69) is 47.0 Å². The standard InChI is InChI=1S/C18H31N3OS2.HI/c1-7-19-17(20-10-11-24(22)18(3,4)5)21-13-15-9-8-14(2)12-16(15)23-6;/h8-9,12H,7,10-11,13H2,1-6H3,(H2,19,20,21);1H. The van der Waals surface area contributed by atoms with E-state index in [9.17, 15) is 4.21 Å². The van der Waals surface area contributed by atoms with E-state index in [1.807, 2.05) is 27.7 Å². The highest BCUT2D eigenvalue weighted by Gasteiger charge is 2.18. The van der Waals surface area contributed by atoms with Gasteiger partial charge in [0.05, 0.1) is 6.54 Å². The van der Waals surface area contributed by atoms with E-state index >= 15 is 0 Å². The lowest BCUT2D eigenvalue weighted by molar-refractivity contribution is 0.647. The summed E-state index contributed by atoms with van der Waals surface area (Å²) in [6, 6.07) is 6.46. The van der Waals surface area contributed by atoms with Crippen molar-refractivity contribution in [3.05, 3.63) is 29.3 Å². The summed E-state index contributed by atoms with van der Waals surface area (Å²) in [5.41, 5.74) is 2.49. The van der Waals surface area contributed by atoms with Crippen LogP contribution in [-0.2, 0) is 17.3 Å². The van der Waals surface area contributed by atoms with E-state index in [1.165, 1.54) is 16.0 Å². The summed E-state index contributed by atoms with van der Waals surface area (Å²) >= 11 is 1.75. The van der Waals surface area contributed by atoms with E-state index in [4.69, 9.17) is 0 Å². The molecule has 1 atom stereocenters. The predicted molar refractivity (Wildman–Crippen MR) is 124 cm³/mol. The number of nitrogens with one attached hydrogen (secondary N) is 2. The molecule has 0 saturated heterocycles. The Morgan fingerprint density at radius 2 is 1.96 bits per heavy atom. The van der Waals surface area contributed by atoms with Crippen LogP contribution in [0, 0.1) is 6.92 Å². The van der Waals surface area contributed by atoms with Gasteiger partial charge in [-0.05, 0) is 58.1 Å². The molecule has 25 heavy (non-hydrogen) atoms. The molecule has 0 heterocycles. The minimum Gasteiger partial charge on any atom is -0.357 e. The summed E-state index contributed by atoms with van der Waals surface area (Å²) in [7, 11) is -0.854. The van der Waals surface area contributed by atoms with Crippen molar-refractivity contribution in [2.45, 2.75) is 50.8 Å². The van der Waals surface area contributed by atoms with Gasteiger partial charge in [0.15, 0.2) is 5.96 Å². The lowest BCUT2D eigenvalue weighted by Crippen LogP contribution is -2.40. The zero-order valence-corrected chi connectivity index (χ0v) is 20.1. The van der Waals surface area contributed by atoms with Gasteiger partial charge in [-0.15, -0.1) is 35.7 Å². The molecule has 1 unspecified atom stereocenters. The Morgan fingerprint density at radius 1 is 1.28 bits per heavy atom. The van der Waals surface area contributed by atoms with Crippen LogP contribution in [-0.4, -0.2) is 40.0 Å². The van der Waals surface area contributed by atoms with Gasteiger partial charge in [0.1, 0.15) is 0 Å². The minimum atomic E-state index is -0.854. The Labute approximate surface area is 176 Å². The SMILES string of the molecule is CCNC(=NCc1ccc(C)cc1SC)NCCS(=O)C(C)(C)C.I. The third kappa shape index (κ3) is 9.28. The van der Waals surface area contributed by atoms with E-state index in [-0.39, 0.29) is 28.7 Å². The number of aliphatic imine (C=N–C) groups is 1. The number of aryl methyl sites for hydroxylation is 1. The molecule has 0 aliphatic heterocycles. The first-order valence-electron chi connectivity index (χ1n) is 8.32. The van der Waals surface area contributed by atoms with E-state index in [0.717, 1.165) is 12.5 Å². The van der Waals surface area contributed by atoms with Crippen molar-refractivity contribution in [2.24, 2.45) is 4.99 Å². The molecule has 0 aliphatic carbocycles. The summed E-state index contributed by atoms with van der Waals surface area (Å²) in [5.74, 6) is 1.39. The third-order valence-corrected chi connectivity index (χ3v) is 6.22. The molecule has 0 aromatic heterocycles. The molecule has 144 valence electrons. The molecular weight excluding hydrogens is 465 g/mol. The first-order valence-corrected chi connectivity index (χ1v) is 10.9. The van der Waals surface area contributed by atoms with Crippen LogP contribution in [0.5, 0.6) is 0 Å². The van der Waals surface area contributed by atoms with Gasteiger partial charge in [0.25, 0.3) is 0 Å². The number of rotatable bonds is 7. The highest BCUT2D eigenvalue weighted by atomic mass is 127. The number of hydrogen-bond donors (Lipinski definition) is 2. The summed E-state index contributed by atoms with van der Waals surface area (Å²) in [6.45, 7) is 12.2. The molecule has 0 fully saturated rings. The molecule has 4 nitrogen and oxygen atoms in total. The molecule has 0 saturated carbocycles. The molecule has 0 aliphatic rings. The van der Waals surface area contributed by atoms with Crippen molar-refractivity contribution in [1.29, 1.82) is 0 Å². The van der Waals surface area contributed by atoms with Gasteiger partial charge in [-0.2, -0.15) is 0 Å². The maximum atomic E-state index is 12.1. The van der Waals surface area contributed by atoms with Crippen LogP contribution >= 0.6 is 35.7 Å². The maximum Gasteiger partial charge on any atom is 0.191 e. The van der Waals surface area contributed by atoms with Crippen LogP contribution in [0.3, 0.4) is 0 Å². The Balaban J connectivity index is 0.00000576. The van der Waals surface area contributed by atoms with Crippen molar-refractivity contribution in [2.75, 3.05) is 25.1 Å². The molecule has 0 spiro atoms. The molecule has 7 heteroatoms. The van der Waals surface area contributed by atoms with Crippen molar-refractivity contribution < 1.29 is 4.21 Å². The number of guanidine groups is 1. The van der Waals surface area contributed by atoms with Crippen LogP contribution in [0.1, 0.15) is 38.8 Å². The van der Waals surface area contributed by atoms with Gasteiger partial charge in [-0.1, -0.05) is 12.1 Å². The summed E-state index contributed by atoms with van der Waals surface area (Å²) < 4.78 is 11.9. The predicted octanol–water partition coefficient (Wildman–Crippen LogP) is 3.94. The first kappa shape index (κ1) is 24.7. The first-order chi connectivity index (χ1) is 11.3. The largest absolute Gasteiger partial charge is 0.357 e. The van der Waals surface area contributed by atoms with Gasteiger partial charge in [-0.3, -0.25) is 4.21 Å².